The van der Waals surface area contributed by atoms with E-state index in [1.54, 1.807) is 18.1 Å². The van der Waals surface area contributed by atoms with E-state index in [0.29, 0.717) is 18.1 Å². The first kappa shape index (κ1) is 17.9. The van der Waals surface area contributed by atoms with Crippen molar-refractivity contribution >= 4 is 34.1 Å². The summed E-state index contributed by atoms with van der Waals surface area (Å²) in [5, 5.41) is 1.73. The number of nitrogens with zero attached hydrogens (tertiary/aromatic N) is 2. The number of hydrogen-bond donors (Lipinski definition) is 1. The van der Waals surface area contributed by atoms with Crippen LogP contribution in [-0.2, 0) is 11.2 Å². The average molecular weight is 404 g/mol. The number of H-pyrrole nitrogens is 1. The lowest BCUT2D eigenvalue weighted by Crippen LogP contribution is -2.44. The van der Waals surface area contributed by atoms with Gasteiger partial charge in [0.05, 0.1) is 13.2 Å². The highest BCUT2D eigenvalue weighted by molar-refractivity contribution is 7.80. The van der Waals surface area contributed by atoms with Gasteiger partial charge in [-0.15, -0.1) is 6.58 Å². The van der Waals surface area contributed by atoms with E-state index in [9.17, 15) is 4.79 Å². The SMILES string of the molecule is C=CCN1C(=O)[C@H]2Cc3c([nH]c4ccccc34)C(c3ccc(OC)cc3)N2C1=S. The number of thiocarbonyl (C=S) groups is 1. The number of rotatable bonds is 4. The maximum atomic E-state index is 13.2. The first-order valence-corrected chi connectivity index (χ1v) is 10.0. The Balaban J connectivity index is 1.71. The summed E-state index contributed by atoms with van der Waals surface area (Å²) in [6.45, 7) is 4.21. The predicted molar refractivity (Wildman–Crippen MR) is 117 cm³/mol. The zero-order valence-electron chi connectivity index (χ0n) is 16.1. The number of benzene rings is 2. The second kappa shape index (κ2) is 6.74. The lowest BCUT2D eigenvalue weighted by Gasteiger charge is -2.37. The van der Waals surface area contributed by atoms with Crippen molar-refractivity contribution in [2.24, 2.45) is 0 Å². The smallest absolute Gasteiger partial charge is 0.252 e. The largest absolute Gasteiger partial charge is 0.497 e. The van der Waals surface area contributed by atoms with Crippen LogP contribution in [0.5, 0.6) is 5.75 Å². The van der Waals surface area contributed by atoms with Crippen molar-refractivity contribution in [3.05, 3.63) is 78.0 Å². The van der Waals surface area contributed by atoms with Crippen molar-refractivity contribution in [3.8, 4) is 5.75 Å². The van der Waals surface area contributed by atoms with Gasteiger partial charge in [0.25, 0.3) is 5.91 Å². The fourth-order valence-corrected chi connectivity index (χ4v) is 4.96. The van der Waals surface area contributed by atoms with Crippen LogP contribution in [0.25, 0.3) is 10.9 Å². The van der Waals surface area contributed by atoms with Crippen LogP contribution in [0.2, 0.25) is 0 Å². The van der Waals surface area contributed by atoms with Gasteiger partial charge in [-0.2, -0.15) is 0 Å². The second-order valence-electron chi connectivity index (χ2n) is 7.39. The number of carbonyl (C=O) groups excluding carboxylic acids is 1. The molecule has 3 aromatic rings. The molecule has 0 radical (unpaired) electrons. The molecule has 146 valence electrons. The molecule has 1 aromatic heterocycles. The standard InChI is InChI=1S/C23H21N3O2S/c1-3-12-25-22(27)19-13-17-16-6-4-5-7-18(16)24-20(17)21(26(19)23(25)29)14-8-10-15(28-2)11-9-14/h3-11,19,21,24H,1,12-13H2,2H3/t19-,21?/m1/s1. The third-order valence-corrected chi connectivity index (χ3v) is 6.31. The molecular weight excluding hydrogens is 382 g/mol. The Hall–Kier alpha value is -3.12. The number of ether oxygens (including phenoxy) is 1. The summed E-state index contributed by atoms with van der Waals surface area (Å²) in [4.78, 5) is 20.6. The molecule has 2 atom stereocenters. The monoisotopic (exact) mass is 403 g/mol. The number of para-hydroxylation sites is 1. The Bertz CT molecular complexity index is 1130. The number of nitrogens with one attached hydrogen (secondary N) is 1. The van der Waals surface area contributed by atoms with Crippen molar-refractivity contribution in [2.75, 3.05) is 13.7 Å². The van der Waals surface area contributed by atoms with E-state index in [1.165, 1.54) is 10.9 Å². The molecule has 1 saturated heterocycles. The number of aromatic nitrogens is 1. The Labute approximate surface area is 174 Å². The topological polar surface area (TPSA) is 48.6 Å². The van der Waals surface area contributed by atoms with E-state index >= 15 is 0 Å². The molecule has 1 unspecified atom stereocenters. The Morgan fingerprint density at radius 3 is 2.72 bits per heavy atom. The molecule has 0 bridgehead atoms. The van der Waals surface area contributed by atoms with Gasteiger partial charge in [-0.25, -0.2) is 0 Å². The molecule has 5 rings (SSSR count). The number of carbonyl (C=O) groups is 1. The number of amides is 1. The molecule has 0 saturated carbocycles. The van der Waals surface area contributed by atoms with Crippen LogP contribution in [0.1, 0.15) is 22.9 Å². The lowest BCUT2D eigenvalue weighted by atomic mass is 9.89. The lowest BCUT2D eigenvalue weighted by molar-refractivity contribution is -0.128. The molecule has 1 N–H and O–H groups in total. The molecule has 6 heteroatoms. The molecule has 29 heavy (non-hydrogen) atoms. The van der Waals surface area contributed by atoms with Gasteiger partial charge in [-0.05, 0) is 41.5 Å². The van der Waals surface area contributed by atoms with Crippen LogP contribution >= 0.6 is 12.2 Å². The van der Waals surface area contributed by atoms with Gasteiger partial charge in [-0.1, -0.05) is 36.4 Å². The van der Waals surface area contributed by atoms with Crippen LogP contribution in [0.4, 0.5) is 0 Å². The predicted octanol–water partition coefficient (Wildman–Crippen LogP) is 3.81. The average Bonchev–Trinajstić information content (AvgIpc) is 3.23. The highest BCUT2D eigenvalue weighted by Gasteiger charge is 2.50. The molecule has 2 aromatic carbocycles. The maximum Gasteiger partial charge on any atom is 0.252 e. The zero-order chi connectivity index (χ0) is 20.1. The maximum absolute atomic E-state index is 13.2. The van der Waals surface area contributed by atoms with Gasteiger partial charge in [0, 0.05) is 29.6 Å². The van der Waals surface area contributed by atoms with Gasteiger partial charge >= 0.3 is 0 Å². The molecule has 5 nitrogen and oxygen atoms in total. The van der Waals surface area contributed by atoms with Crippen molar-refractivity contribution < 1.29 is 9.53 Å². The van der Waals surface area contributed by atoms with E-state index in [4.69, 9.17) is 17.0 Å². The summed E-state index contributed by atoms with van der Waals surface area (Å²) in [7, 11) is 1.66. The molecule has 0 aliphatic carbocycles. The molecule has 1 fully saturated rings. The highest BCUT2D eigenvalue weighted by atomic mass is 32.1. The number of methoxy groups -OCH3 is 1. The fourth-order valence-electron chi connectivity index (χ4n) is 4.56. The Morgan fingerprint density at radius 1 is 1.24 bits per heavy atom. The molecule has 2 aliphatic rings. The Kier molecular flexibility index (Phi) is 4.17. The van der Waals surface area contributed by atoms with Crippen LogP contribution in [0.15, 0.2) is 61.2 Å². The summed E-state index contributed by atoms with van der Waals surface area (Å²) < 4.78 is 5.33. The number of aromatic amines is 1. The first-order chi connectivity index (χ1) is 14.1. The number of fused-ring (bicyclic) bond motifs is 4. The van der Waals surface area contributed by atoms with Crippen LogP contribution in [0, 0.1) is 0 Å². The van der Waals surface area contributed by atoms with E-state index in [0.717, 1.165) is 22.5 Å². The van der Waals surface area contributed by atoms with Gasteiger partial charge in [0.15, 0.2) is 5.11 Å². The molecule has 0 spiro atoms. The summed E-state index contributed by atoms with van der Waals surface area (Å²) >= 11 is 5.76. The minimum absolute atomic E-state index is 0.0457. The van der Waals surface area contributed by atoms with Crippen molar-refractivity contribution in [2.45, 2.75) is 18.5 Å². The van der Waals surface area contributed by atoms with Crippen molar-refractivity contribution in [3.63, 3.8) is 0 Å². The number of hydrogen-bond acceptors (Lipinski definition) is 3. The Morgan fingerprint density at radius 2 is 2.00 bits per heavy atom. The second-order valence-corrected chi connectivity index (χ2v) is 7.75. The molecule has 2 aliphatic heterocycles. The van der Waals surface area contributed by atoms with Gasteiger partial charge in [0.2, 0.25) is 0 Å². The quantitative estimate of drug-likeness (QED) is 0.532. The van der Waals surface area contributed by atoms with E-state index in [-0.39, 0.29) is 18.0 Å². The first-order valence-electron chi connectivity index (χ1n) is 9.62. The van der Waals surface area contributed by atoms with E-state index < -0.39 is 0 Å². The van der Waals surface area contributed by atoms with Gasteiger partial charge < -0.3 is 14.6 Å². The summed E-state index contributed by atoms with van der Waals surface area (Å²) in [6.07, 6.45) is 2.36. The van der Waals surface area contributed by atoms with E-state index in [2.05, 4.69) is 28.6 Å². The van der Waals surface area contributed by atoms with Crippen molar-refractivity contribution in [1.82, 2.24) is 14.8 Å². The minimum atomic E-state index is -0.304. The third kappa shape index (κ3) is 2.59. The highest BCUT2D eigenvalue weighted by Crippen LogP contribution is 2.44. The summed E-state index contributed by atoms with van der Waals surface area (Å²) in [5.41, 5.74) is 4.44. The fraction of sp³-hybridized carbons (Fsp3) is 0.217. The molecule has 3 heterocycles. The van der Waals surface area contributed by atoms with Gasteiger partial charge in [-0.3, -0.25) is 9.69 Å². The normalized spacial score (nSPS) is 20.7. The summed E-state index contributed by atoms with van der Waals surface area (Å²) in [6, 6.07) is 15.8. The summed E-state index contributed by atoms with van der Waals surface area (Å²) in [5.74, 6) is 0.843. The van der Waals surface area contributed by atoms with Crippen LogP contribution in [-0.4, -0.2) is 45.5 Å². The molecular formula is C23H21N3O2S. The minimum Gasteiger partial charge on any atom is -0.497 e. The van der Waals surface area contributed by atoms with E-state index in [1.807, 2.05) is 36.4 Å². The van der Waals surface area contributed by atoms with Gasteiger partial charge in [0.1, 0.15) is 11.8 Å². The van der Waals surface area contributed by atoms with Crippen molar-refractivity contribution in [1.29, 1.82) is 0 Å². The zero-order valence-corrected chi connectivity index (χ0v) is 16.9. The van der Waals surface area contributed by atoms with Crippen LogP contribution < -0.4 is 4.74 Å². The van der Waals surface area contributed by atoms with Crippen LogP contribution in [0.3, 0.4) is 0 Å². The third-order valence-electron chi connectivity index (χ3n) is 5.88. The molecule has 1 amide bonds.